The lowest BCUT2D eigenvalue weighted by atomic mass is 10.1. The Labute approximate surface area is 112 Å². The van der Waals surface area contributed by atoms with Gasteiger partial charge in [-0.2, -0.15) is 5.10 Å². The number of benzene rings is 1. The highest BCUT2D eigenvalue weighted by molar-refractivity contribution is 9.10. The fourth-order valence-electron chi connectivity index (χ4n) is 1.34. The molecule has 90 valence electrons. The monoisotopic (exact) mass is 313 g/mol. The van der Waals surface area contributed by atoms with Gasteiger partial charge in [-0.25, -0.2) is 9.67 Å². The molecule has 4 nitrogen and oxygen atoms in total. The van der Waals surface area contributed by atoms with Crippen molar-refractivity contribution in [3.8, 4) is 0 Å². The van der Waals surface area contributed by atoms with E-state index in [1.807, 2.05) is 25.2 Å². The van der Waals surface area contributed by atoms with Crippen LogP contribution in [0.15, 0.2) is 39.1 Å². The first-order chi connectivity index (χ1) is 8.08. The van der Waals surface area contributed by atoms with Crippen molar-refractivity contribution in [2.75, 3.05) is 0 Å². The van der Waals surface area contributed by atoms with E-state index in [1.54, 1.807) is 11.6 Å². The van der Waals surface area contributed by atoms with Crippen molar-refractivity contribution in [1.82, 2.24) is 14.8 Å². The van der Waals surface area contributed by atoms with Gasteiger partial charge in [0.25, 0.3) is 0 Å². The van der Waals surface area contributed by atoms with Crippen LogP contribution in [0.25, 0.3) is 0 Å². The lowest BCUT2D eigenvalue weighted by molar-refractivity contribution is 0.199. The van der Waals surface area contributed by atoms with Crippen molar-refractivity contribution in [3.63, 3.8) is 0 Å². The lowest BCUT2D eigenvalue weighted by Gasteiger charge is -2.08. The predicted octanol–water partition coefficient (Wildman–Crippen LogP) is 2.78. The smallest absolute Gasteiger partial charge is 0.190 e. The molecule has 1 aromatic heterocycles. The van der Waals surface area contributed by atoms with E-state index in [9.17, 15) is 5.11 Å². The molecule has 0 radical (unpaired) electrons. The van der Waals surface area contributed by atoms with Gasteiger partial charge in [0.05, 0.1) is 6.10 Å². The zero-order valence-electron chi connectivity index (χ0n) is 9.46. The van der Waals surface area contributed by atoms with E-state index in [-0.39, 0.29) is 0 Å². The number of aliphatic hydroxyl groups is 1. The van der Waals surface area contributed by atoms with Crippen molar-refractivity contribution in [2.24, 2.45) is 7.05 Å². The number of hydrogen-bond donors (Lipinski definition) is 1. The number of halogens is 1. The van der Waals surface area contributed by atoms with Gasteiger partial charge in [-0.1, -0.05) is 6.07 Å². The molecule has 2 aromatic rings. The summed E-state index contributed by atoms with van der Waals surface area (Å²) in [5.74, 6) is 0. The van der Waals surface area contributed by atoms with Crippen molar-refractivity contribution in [3.05, 3.63) is 34.6 Å². The van der Waals surface area contributed by atoms with Crippen LogP contribution in [0.1, 0.15) is 18.6 Å². The maximum Gasteiger partial charge on any atom is 0.190 e. The molecule has 17 heavy (non-hydrogen) atoms. The van der Waals surface area contributed by atoms with Gasteiger partial charge in [-0.15, -0.1) is 0 Å². The zero-order chi connectivity index (χ0) is 12.4. The molecule has 0 aliphatic heterocycles. The average molecular weight is 314 g/mol. The SMILES string of the molecule is C[C@@H](O)c1ccc(Sc2ncnn2C)c(Br)c1. The summed E-state index contributed by atoms with van der Waals surface area (Å²) in [5, 5.41) is 14.3. The molecule has 0 unspecified atom stereocenters. The molecule has 6 heteroatoms. The maximum atomic E-state index is 9.49. The fraction of sp³-hybridized carbons (Fsp3) is 0.273. The largest absolute Gasteiger partial charge is 0.389 e. The Morgan fingerprint density at radius 1 is 1.47 bits per heavy atom. The summed E-state index contributed by atoms with van der Waals surface area (Å²) in [4.78, 5) is 5.20. The topological polar surface area (TPSA) is 50.9 Å². The van der Waals surface area contributed by atoms with Crippen molar-refractivity contribution < 1.29 is 5.11 Å². The molecule has 0 fully saturated rings. The van der Waals surface area contributed by atoms with Crippen LogP contribution in [0, 0.1) is 0 Å². The van der Waals surface area contributed by atoms with Crippen LogP contribution >= 0.6 is 27.7 Å². The van der Waals surface area contributed by atoms with Gasteiger partial charge in [-0.3, -0.25) is 0 Å². The van der Waals surface area contributed by atoms with Crippen molar-refractivity contribution in [2.45, 2.75) is 23.1 Å². The molecule has 0 amide bonds. The van der Waals surface area contributed by atoms with E-state index in [0.29, 0.717) is 0 Å². The Morgan fingerprint density at radius 2 is 2.24 bits per heavy atom. The third-order valence-electron chi connectivity index (χ3n) is 2.31. The van der Waals surface area contributed by atoms with Crippen LogP contribution < -0.4 is 0 Å². The highest BCUT2D eigenvalue weighted by Gasteiger charge is 2.09. The van der Waals surface area contributed by atoms with Crippen LogP contribution in [0.4, 0.5) is 0 Å². The fourth-order valence-corrected chi connectivity index (χ4v) is 2.74. The van der Waals surface area contributed by atoms with Gasteiger partial charge in [-0.05, 0) is 52.3 Å². The number of nitrogens with zero attached hydrogens (tertiary/aromatic N) is 3. The second kappa shape index (κ2) is 5.20. The minimum atomic E-state index is -0.458. The molecule has 1 aromatic carbocycles. The molecule has 0 aliphatic rings. The van der Waals surface area contributed by atoms with E-state index < -0.39 is 6.10 Å². The molecule has 1 N–H and O–H groups in total. The number of rotatable bonds is 3. The van der Waals surface area contributed by atoms with Crippen LogP contribution in [0.3, 0.4) is 0 Å². The number of aromatic nitrogens is 3. The lowest BCUT2D eigenvalue weighted by Crippen LogP contribution is -1.94. The molecule has 2 rings (SSSR count). The number of aliphatic hydroxyl groups excluding tert-OH is 1. The summed E-state index contributed by atoms with van der Waals surface area (Å²) >= 11 is 5.03. The molecule has 1 heterocycles. The van der Waals surface area contributed by atoms with Gasteiger partial charge in [0.15, 0.2) is 5.16 Å². The summed E-state index contributed by atoms with van der Waals surface area (Å²) in [6.45, 7) is 1.75. The minimum absolute atomic E-state index is 0.458. The third-order valence-corrected chi connectivity index (χ3v) is 4.36. The number of hydrogen-bond acceptors (Lipinski definition) is 4. The number of aryl methyl sites for hydroxylation is 1. The van der Waals surface area contributed by atoms with E-state index in [4.69, 9.17) is 0 Å². The summed E-state index contributed by atoms with van der Waals surface area (Å²) < 4.78 is 2.67. The Morgan fingerprint density at radius 3 is 2.76 bits per heavy atom. The standard InChI is InChI=1S/C11H12BrN3OS/c1-7(16)8-3-4-10(9(12)5-8)17-11-13-6-14-15(11)2/h3-7,16H,1-2H3/t7-/m1/s1. The highest BCUT2D eigenvalue weighted by Crippen LogP contribution is 2.33. The van der Waals surface area contributed by atoms with Crippen LogP contribution in [0.5, 0.6) is 0 Å². The Kier molecular flexibility index (Phi) is 3.86. The van der Waals surface area contributed by atoms with Gasteiger partial charge in [0.2, 0.25) is 0 Å². The second-order valence-electron chi connectivity index (χ2n) is 3.63. The molecular weight excluding hydrogens is 302 g/mol. The van der Waals surface area contributed by atoms with Gasteiger partial charge in [0.1, 0.15) is 6.33 Å². The van der Waals surface area contributed by atoms with Crippen LogP contribution in [0.2, 0.25) is 0 Å². The minimum Gasteiger partial charge on any atom is -0.389 e. The molecule has 0 saturated carbocycles. The Bertz CT molecular complexity index is 527. The molecule has 0 aliphatic carbocycles. The van der Waals surface area contributed by atoms with E-state index in [1.165, 1.54) is 18.1 Å². The third kappa shape index (κ3) is 2.88. The summed E-state index contributed by atoms with van der Waals surface area (Å²) in [5.41, 5.74) is 0.888. The zero-order valence-corrected chi connectivity index (χ0v) is 11.9. The van der Waals surface area contributed by atoms with Gasteiger partial charge >= 0.3 is 0 Å². The molecular formula is C11H12BrN3OS. The normalized spacial score (nSPS) is 12.7. The average Bonchev–Trinajstić information content (AvgIpc) is 2.67. The van der Waals surface area contributed by atoms with Gasteiger partial charge in [0, 0.05) is 16.4 Å². The highest BCUT2D eigenvalue weighted by atomic mass is 79.9. The first-order valence-corrected chi connectivity index (χ1v) is 6.68. The molecule has 0 spiro atoms. The van der Waals surface area contributed by atoms with E-state index in [0.717, 1.165) is 20.1 Å². The Balaban J connectivity index is 2.26. The maximum absolute atomic E-state index is 9.49. The summed E-state index contributed by atoms with van der Waals surface area (Å²) in [6, 6.07) is 5.79. The van der Waals surface area contributed by atoms with E-state index >= 15 is 0 Å². The first-order valence-electron chi connectivity index (χ1n) is 5.07. The quantitative estimate of drug-likeness (QED) is 0.946. The van der Waals surface area contributed by atoms with Crippen LogP contribution in [-0.4, -0.2) is 19.9 Å². The molecule has 0 bridgehead atoms. The van der Waals surface area contributed by atoms with Crippen LogP contribution in [-0.2, 0) is 7.05 Å². The van der Waals surface area contributed by atoms with Crippen molar-refractivity contribution >= 4 is 27.7 Å². The van der Waals surface area contributed by atoms with Gasteiger partial charge < -0.3 is 5.11 Å². The summed E-state index contributed by atoms with van der Waals surface area (Å²) in [6.07, 6.45) is 1.07. The summed E-state index contributed by atoms with van der Waals surface area (Å²) in [7, 11) is 1.85. The Hall–Kier alpha value is -0.850. The first kappa shape index (κ1) is 12.6. The molecule has 1 atom stereocenters. The van der Waals surface area contributed by atoms with E-state index in [2.05, 4.69) is 26.0 Å². The second-order valence-corrected chi connectivity index (χ2v) is 5.50. The predicted molar refractivity (Wildman–Crippen MR) is 69.9 cm³/mol. The van der Waals surface area contributed by atoms with Crippen molar-refractivity contribution in [1.29, 1.82) is 0 Å². The molecule has 0 saturated heterocycles.